The molecule has 0 saturated carbocycles. The van der Waals surface area contributed by atoms with E-state index in [1.807, 2.05) is 36.9 Å². The van der Waals surface area contributed by atoms with Gasteiger partial charge in [-0.05, 0) is 57.1 Å². The summed E-state index contributed by atoms with van der Waals surface area (Å²) in [5.41, 5.74) is 3.01. The number of H-pyrrole nitrogens is 1. The van der Waals surface area contributed by atoms with Crippen LogP contribution < -0.4 is 0 Å². The number of hydrogen-bond acceptors (Lipinski definition) is 3. The summed E-state index contributed by atoms with van der Waals surface area (Å²) in [7, 11) is 0. The van der Waals surface area contributed by atoms with Crippen molar-refractivity contribution in [3.05, 3.63) is 41.6 Å². The number of amides is 1. The van der Waals surface area contributed by atoms with Gasteiger partial charge in [-0.2, -0.15) is 5.10 Å². The van der Waals surface area contributed by atoms with Crippen LogP contribution in [-0.2, 0) is 6.42 Å². The van der Waals surface area contributed by atoms with Crippen molar-refractivity contribution in [1.82, 2.24) is 15.1 Å². The predicted octanol–water partition coefficient (Wildman–Crippen LogP) is 3.65. The lowest BCUT2D eigenvalue weighted by Crippen LogP contribution is -2.40. The second-order valence-electron chi connectivity index (χ2n) is 7.97. The Morgan fingerprint density at radius 1 is 1.27 bits per heavy atom. The summed E-state index contributed by atoms with van der Waals surface area (Å²) in [5, 5.41) is 17.2. The minimum Gasteiger partial charge on any atom is -0.390 e. The van der Waals surface area contributed by atoms with Gasteiger partial charge in [0.1, 0.15) is 5.69 Å². The number of piperidine rings is 1. The van der Waals surface area contributed by atoms with E-state index in [0.717, 1.165) is 50.0 Å². The Morgan fingerprint density at radius 2 is 1.92 bits per heavy atom. The molecule has 1 fully saturated rings. The second-order valence-corrected chi connectivity index (χ2v) is 7.97. The van der Waals surface area contributed by atoms with Crippen LogP contribution in [-0.4, -0.2) is 44.8 Å². The maximum Gasteiger partial charge on any atom is 0.271 e. The maximum absolute atomic E-state index is 12.7. The number of nitrogens with one attached hydrogen (secondary N) is 1. The van der Waals surface area contributed by atoms with Crippen molar-refractivity contribution in [2.45, 2.75) is 52.1 Å². The lowest BCUT2D eigenvalue weighted by atomic mass is 9.86. The molecule has 1 aliphatic rings. The highest BCUT2D eigenvalue weighted by Gasteiger charge is 2.28. The van der Waals surface area contributed by atoms with E-state index in [1.165, 1.54) is 5.56 Å². The van der Waals surface area contributed by atoms with E-state index >= 15 is 0 Å². The van der Waals surface area contributed by atoms with Crippen LogP contribution in [0.25, 0.3) is 11.3 Å². The predicted molar refractivity (Wildman–Crippen MR) is 103 cm³/mol. The molecule has 5 nitrogen and oxygen atoms in total. The van der Waals surface area contributed by atoms with Gasteiger partial charge in [-0.3, -0.25) is 9.89 Å². The van der Waals surface area contributed by atoms with E-state index in [-0.39, 0.29) is 5.91 Å². The number of likely N-dealkylation sites (tertiary alicyclic amines) is 1. The fourth-order valence-corrected chi connectivity index (χ4v) is 3.71. The molecule has 2 heterocycles. The Bertz CT molecular complexity index is 735. The van der Waals surface area contributed by atoms with Gasteiger partial charge >= 0.3 is 0 Å². The molecule has 1 aromatic heterocycles. The summed E-state index contributed by atoms with van der Waals surface area (Å²) in [6, 6.07) is 10.1. The van der Waals surface area contributed by atoms with E-state index in [1.54, 1.807) is 0 Å². The van der Waals surface area contributed by atoms with Gasteiger partial charge < -0.3 is 10.0 Å². The zero-order valence-electron chi connectivity index (χ0n) is 16.0. The second kappa shape index (κ2) is 7.62. The first-order valence-electron chi connectivity index (χ1n) is 9.52. The number of benzene rings is 1. The normalized spacial score (nSPS) is 16.1. The van der Waals surface area contributed by atoms with Crippen molar-refractivity contribution in [3.8, 4) is 11.3 Å². The molecule has 26 heavy (non-hydrogen) atoms. The standard InChI is InChI=1S/C21H29N3O2/c1-4-15-5-7-17(8-6-15)18-13-19(23-22-18)20(25)24-11-9-16(10-12-24)14-21(2,3)26/h5-8,13,16,26H,4,9-12,14H2,1-3H3,(H,22,23). The van der Waals surface area contributed by atoms with Crippen LogP contribution in [0.4, 0.5) is 0 Å². The first-order valence-corrected chi connectivity index (χ1v) is 9.52. The first-order chi connectivity index (χ1) is 12.4. The van der Waals surface area contributed by atoms with Crippen molar-refractivity contribution in [3.63, 3.8) is 0 Å². The minimum atomic E-state index is -0.636. The highest BCUT2D eigenvalue weighted by Crippen LogP contribution is 2.27. The zero-order valence-corrected chi connectivity index (χ0v) is 16.0. The van der Waals surface area contributed by atoms with Gasteiger partial charge in [0.2, 0.25) is 0 Å². The van der Waals surface area contributed by atoms with Crippen LogP contribution >= 0.6 is 0 Å². The molecule has 1 aliphatic heterocycles. The average Bonchev–Trinajstić information content (AvgIpc) is 3.10. The topological polar surface area (TPSA) is 69.2 Å². The molecular formula is C21H29N3O2. The van der Waals surface area contributed by atoms with Crippen molar-refractivity contribution < 1.29 is 9.90 Å². The fraction of sp³-hybridized carbons (Fsp3) is 0.524. The van der Waals surface area contributed by atoms with Crippen LogP contribution in [0.3, 0.4) is 0 Å². The van der Waals surface area contributed by atoms with E-state index in [2.05, 4.69) is 29.3 Å². The van der Waals surface area contributed by atoms with Crippen LogP contribution in [0.5, 0.6) is 0 Å². The zero-order chi connectivity index (χ0) is 18.7. The Labute approximate surface area is 155 Å². The smallest absolute Gasteiger partial charge is 0.271 e. The summed E-state index contributed by atoms with van der Waals surface area (Å²) in [6.07, 6.45) is 3.68. The van der Waals surface area contributed by atoms with Gasteiger partial charge in [0.05, 0.1) is 11.3 Å². The van der Waals surface area contributed by atoms with Crippen LogP contribution in [0.1, 0.15) is 56.1 Å². The van der Waals surface area contributed by atoms with Crippen LogP contribution in [0.15, 0.2) is 30.3 Å². The molecule has 1 saturated heterocycles. The molecule has 2 aromatic rings. The molecule has 5 heteroatoms. The molecule has 140 valence electrons. The SMILES string of the molecule is CCc1ccc(-c2cc(C(=O)N3CCC(CC(C)(C)O)CC3)[nH]n2)cc1. The third-order valence-electron chi connectivity index (χ3n) is 5.16. The summed E-state index contributed by atoms with van der Waals surface area (Å²) in [5.74, 6) is 0.490. The van der Waals surface area contributed by atoms with Gasteiger partial charge in [0, 0.05) is 18.7 Å². The lowest BCUT2D eigenvalue weighted by Gasteiger charge is -2.34. The molecular weight excluding hydrogens is 326 g/mol. The van der Waals surface area contributed by atoms with E-state index in [4.69, 9.17) is 0 Å². The van der Waals surface area contributed by atoms with E-state index in [9.17, 15) is 9.90 Å². The van der Waals surface area contributed by atoms with Gasteiger partial charge in [-0.1, -0.05) is 31.2 Å². The number of aliphatic hydroxyl groups is 1. The maximum atomic E-state index is 12.7. The van der Waals surface area contributed by atoms with Crippen molar-refractivity contribution >= 4 is 5.91 Å². The summed E-state index contributed by atoms with van der Waals surface area (Å²) in [6.45, 7) is 7.30. The Morgan fingerprint density at radius 3 is 2.50 bits per heavy atom. The first kappa shape index (κ1) is 18.6. The largest absolute Gasteiger partial charge is 0.390 e. The monoisotopic (exact) mass is 355 g/mol. The number of nitrogens with zero attached hydrogens (tertiary/aromatic N) is 2. The van der Waals surface area contributed by atoms with Gasteiger partial charge in [-0.15, -0.1) is 0 Å². The quantitative estimate of drug-likeness (QED) is 0.860. The Balaban J connectivity index is 1.61. The van der Waals surface area contributed by atoms with Crippen molar-refractivity contribution in [2.75, 3.05) is 13.1 Å². The van der Waals surface area contributed by atoms with Gasteiger partial charge in [0.25, 0.3) is 5.91 Å². The molecule has 3 rings (SSSR count). The molecule has 0 spiro atoms. The van der Waals surface area contributed by atoms with E-state index < -0.39 is 5.60 Å². The minimum absolute atomic E-state index is 0.00985. The third kappa shape index (κ3) is 4.52. The van der Waals surface area contributed by atoms with Gasteiger partial charge in [0.15, 0.2) is 0 Å². The highest BCUT2D eigenvalue weighted by molar-refractivity contribution is 5.93. The third-order valence-corrected chi connectivity index (χ3v) is 5.16. The summed E-state index contributed by atoms with van der Waals surface area (Å²) in [4.78, 5) is 14.6. The summed E-state index contributed by atoms with van der Waals surface area (Å²) < 4.78 is 0. The number of aromatic nitrogens is 2. The van der Waals surface area contributed by atoms with Crippen molar-refractivity contribution in [1.29, 1.82) is 0 Å². The fourth-order valence-electron chi connectivity index (χ4n) is 3.71. The average molecular weight is 355 g/mol. The molecule has 0 bridgehead atoms. The number of aromatic amines is 1. The molecule has 0 atom stereocenters. The molecule has 0 aliphatic carbocycles. The Hall–Kier alpha value is -2.14. The Kier molecular flexibility index (Phi) is 5.47. The summed E-state index contributed by atoms with van der Waals surface area (Å²) >= 11 is 0. The molecule has 1 aromatic carbocycles. The molecule has 1 amide bonds. The van der Waals surface area contributed by atoms with Gasteiger partial charge in [-0.25, -0.2) is 0 Å². The van der Waals surface area contributed by atoms with E-state index in [0.29, 0.717) is 11.6 Å². The lowest BCUT2D eigenvalue weighted by molar-refractivity contribution is 0.0357. The number of hydrogen-bond donors (Lipinski definition) is 2. The number of aryl methyl sites for hydroxylation is 1. The van der Waals surface area contributed by atoms with Crippen LogP contribution in [0, 0.1) is 5.92 Å². The highest BCUT2D eigenvalue weighted by atomic mass is 16.3. The number of rotatable bonds is 5. The number of carbonyl (C=O) groups excluding carboxylic acids is 1. The molecule has 2 N–H and O–H groups in total. The van der Waals surface area contributed by atoms with Crippen molar-refractivity contribution in [2.24, 2.45) is 5.92 Å². The van der Waals surface area contributed by atoms with Crippen LogP contribution in [0.2, 0.25) is 0 Å². The molecule has 0 radical (unpaired) electrons. The number of carbonyl (C=O) groups is 1. The molecule has 0 unspecified atom stereocenters.